The van der Waals surface area contributed by atoms with Crippen molar-refractivity contribution < 1.29 is 43.2 Å². The minimum absolute atomic E-state index is 0. The molecule has 0 aromatic rings. The number of rotatable bonds is 7. The van der Waals surface area contributed by atoms with Crippen LogP contribution < -0.4 is 0 Å². The molecule has 0 spiro atoms. The lowest BCUT2D eigenvalue weighted by atomic mass is 9.80. The van der Waals surface area contributed by atoms with Gasteiger partial charge in [-0.25, -0.2) is 19.4 Å². The van der Waals surface area contributed by atoms with Crippen molar-refractivity contribution >= 4 is 24.3 Å². The highest BCUT2D eigenvalue weighted by Crippen LogP contribution is 2.46. The van der Waals surface area contributed by atoms with Crippen LogP contribution in [0.25, 0.3) is 0 Å². The maximum atomic E-state index is 11.8. The van der Waals surface area contributed by atoms with Crippen LogP contribution in [0.15, 0.2) is 11.8 Å². The molecule has 6 fully saturated rings. The van der Waals surface area contributed by atoms with Gasteiger partial charge in [-0.2, -0.15) is 0 Å². The fourth-order valence-electron chi connectivity index (χ4n) is 8.21. The van der Waals surface area contributed by atoms with Gasteiger partial charge < -0.3 is 28.8 Å². The molecule has 6 unspecified atom stereocenters. The van der Waals surface area contributed by atoms with Gasteiger partial charge in [0.25, 0.3) is 0 Å². The summed E-state index contributed by atoms with van der Waals surface area (Å²) in [6.45, 7) is 7.04. The molecule has 6 rings (SSSR count). The van der Waals surface area contributed by atoms with Crippen molar-refractivity contribution in [1.29, 1.82) is 0 Å². The molecule has 2 saturated carbocycles. The highest BCUT2D eigenvalue weighted by molar-refractivity contribution is 5.83. The molecule has 0 radical (unpaired) electrons. The van der Waals surface area contributed by atoms with Crippen molar-refractivity contribution in [2.24, 2.45) is 17.8 Å². The molecule has 0 N–H and O–H groups in total. The molecule has 0 aromatic carbocycles. The number of hydrogen-bond acceptors (Lipinski definition) is 9. The maximum absolute atomic E-state index is 11.8. The van der Waals surface area contributed by atoms with E-state index < -0.39 is 0 Å². The van der Waals surface area contributed by atoms with E-state index in [9.17, 15) is 19.2 Å². The number of ether oxygens (including phenoxy) is 3. The molecule has 272 valence electrons. The lowest BCUT2D eigenvalue weighted by Gasteiger charge is -2.34. The van der Waals surface area contributed by atoms with E-state index in [2.05, 4.69) is 0 Å². The zero-order chi connectivity index (χ0) is 31.6. The van der Waals surface area contributed by atoms with Gasteiger partial charge in [0.05, 0.1) is 39.3 Å². The molecule has 2 amide bonds. The lowest BCUT2D eigenvalue weighted by Crippen LogP contribution is -2.46. The quantitative estimate of drug-likeness (QED) is 0.117. The van der Waals surface area contributed by atoms with E-state index >= 15 is 0 Å². The van der Waals surface area contributed by atoms with Crippen LogP contribution in [0.1, 0.15) is 120 Å². The second kappa shape index (κ2) is 20.6. The number of amides is 2. The monoisotopic (exact) mass is 668 g/mol. The number of Topliss-reactive ketones (excluding diaryl/α,β-unsaturated/α-hetero) is 1. The molecule has 4 saturated heterocycles. The molecule has 0 aromatic heterocycles. The molecular formula is C36H64N2O9. The van der Waals surface area contributed by atoms with Gasteiger partial charge in [-0.3, -0.25) is 4.79 Å². The summed E-state index contributed by atoms with van der Waals surface area (Å²) in [5.74, 6) is 1.66. The van der Waals surface area contributed by atoms with Crippen molar-refractivity contribution in [3.8, 4) is 0 Å². The van der Waals surface area contributed by atoms with Gasteiger partial charge in [-0.1, -0.05) is 22.3 Å². The van der Waals surface area contributed by atoms with Crippen LogP contribution in [0.3, 0.4) is 0 Å². The SMILES string of the molecule is C.C.C.CCOC(=O)N1C2CCC1CC(=COC)C2.CCOC(=O)N1C2CCC1CC(=O)C2.CCOOC1C2CCC1CC(C=O)C2. The number of piperidine rings is 2. The summed E-state index contributed by atoms with van der Waals surface area (Å²) < 4.78 is 15.1. The summed E-state index contributed by atoms with van der Waals surface area (Å²) in [6, 6.07) is 0.860. The fourth-order valence-corrected chi connectivity index (χ4v) is 8.21. The van der Waals surface area contributed by atoms with E-state index in [4.69, 9.17) is 24.0 Å². The summed E-state index contributed by atoms with van der Waals surface area (Å²) in [7, 11) is 1.67. The van der Waals surface area contributed by atoms with Crippen molar-refractivity contribution in [3.05, 3.63) is 11.8 Å². The number of methoxy groups -OCH3 is 1. The van der Waals surface area contributed by atoms with Gasteiger partial charge in [-0.05, 0) is 102 Å². The topological polar surface area (TPSA) is 121 Å². The smallest absolute Gasteiger partial charge is 0.410 e. The van der Waals surface area contributed by atoms with Gasteiger partial charge >= 0.3 is 12.2 Å². The zero-order valence-corrected chi connectivity index (χ0v) is 26.9. The Kier molecular flexibility index (Phi) is 18.6. The molecule has 4 aliphatic heterocycles. The average molecular weight is 669 g/mol. The molecule has 2 aliphatic carbocycles. The van der Waals surface area contributed by atoms with E-state index in [1.54, 1.807) is 18.9 Å². The summed E-state index contributed by atoms with van der Waals surface area (Å²) in [5.41, 5.74) is 1.32. The summed E-state index contributed by atoms with van der Waals surface area (Å²) in [4.78, 5) is 59.5. The first-order chi connectivity index (χ1) is 21.3. The molecule has 6 aliphatic rings. The van der Waals surface area contributed by atoms with Crippen LogP contribution in [-0.2, 0) is 33.6 Å². The Bertz CT molecular complexity index is 974. The second-order valence-corrected chi connectivity index (χ2v) is 12.8. The standard InChI is InChI=1S/C12H19NO3.C11H18O3.C10H15NO3.3CH4/c1-3-16-12(14)13-10-4-5-11(13)7-9(6-10)8-15-2;1-2-13-14-11-9-3-4-10(11)6-8(5-9)7-12;1-2-14-10(13)11-7-3-4-8(11)6-9(12)5-7;;;/h8,10-11H,3-7H2,1-2H3;7-11H,2-6H2,1H3;7-8H,2-6H2,1H3;3*1H4. The largest absolute Gasteiger partial charge is 0.504 e. The maximum Gasteiger partial charge on any atom is 0.410 e. The van der Waals surface area contributed by atoms with Gasteiger partial charge in [0.1, 0.15) is 12.1 Å². The van der Waals surface area contributed by atoms with Crippen LogP contribution in [0.2, 0.25) is 0 Å². The number of hydrogen-bond donors (Lipinski definition) is 0. The Balaban J connectivity index is 0.000000343. The Morgan fingerprint density at radius 2 is 1.17 bits per heavy atom. The number of carbonyl (C=O) groups excluding carboxylic acids is 4. The van der Waals surface area contributed by atoms with Crippen molar-refractivity contribution in [3.63, 3.8) is 0 Å². The number of carbonyl (C=O) groups is 4. The fraction of sp³-hybridized carbons (Fsp3) is 0.833. The molecular weight excluding hydrogens is 604 g/mol. The Morgan fingerprint density at radius 3 is 1.55 bits per heavy atom. The van der Waals surface area contributed by atoms with E-state index in [0.717, 1.165) is 57.7 Å². The second-order valence-electron chi connectivity index (χ2n) is 12.8. The number of aldehydes is 1. The average Bonchev–Trinajstić information content (AvgIpc) is 3.54. The van der Waals surface area contributed by atoms with Crippen LogP contribution >= 0.6 is 0 Å². The molecule has 11 heteroatoms. The van der Waals surface area contributed by atoms with Gasteiger partial charge in [0, 0.05) is 42.9 Å². The van der Waals surface area contributed by atoms with Crippen LogP contribution in [-0.4, -0.2) is 91.3 Å². The van der Waals surface area contributed by atoms with Crippen LogP contribution in [0.5, 0.6) is 0 Å². The predicted octanol–water partition coefficient (Wildman–Crippen LogP) is 7.51. The molecule has 4 heterocycles. The highest BCUT2D eigenvalue weighted by Gasteiger charge is 2.45. The van der Waals surface area contributed by atoms with Crippen LogP contribution in [0, 0.1) is 17.8 Å². The van der Waals surface area contributed by atoms with E-state index in [0.29, 0.717) is 56.6 Å². The van der Waals surface area contributed by atoms with Gasteiger partial charge in [0.15, 0.2) is 0 Å². The first-order valence-corrected chi connectivity index (χ1v) is 16.7. The van der Waals surface area contributed by atoms with Crippen molar-refractivity contribution in [1.82, 2.24) is 9.80 Å². The zero-order valence-electron chi connectivity index (χ0n) is 26.9. The third kappa shape index (κ3) is 10.7. The molecule has 11 nitrogen and oxygen atoms in total. The molecule has 6 bridgehead atoms. The summed E-state index contributed by atoms with van der Waals surface area (Å²) in [5, 5.41) is 0. The Labute approximate surface area is 283 Å². The van der Waals surface area contributed by atoms with Gasteiger partial charge in [-0.15, -0.1) is 0 Å². The number of ketones is 1. The van der Waals surface area contributed by atoms with E-state index in [1.165, 1.54) is 18.4 Å². The lowest BCUT2D eigenvalue weighted by molar-refractivity contribution is -0.339. The molecule has 6 atom stereocenters. The van der Waals surface area contributed by atoms with Gasteiger partial charge in [0.2, 0.25) is 0 Å². The normalized spacial score (nSPS) is 30.9. The Morgan fingerprint density at radius 1 is 0.723 bits per heavy atom. The summed E-state index contributed by atoms with van der Waals surface area (Å²) >= 11 is 0. The number of nitrogens with zero attached hydrogens (tertiary/aromatic N) is 2. The summed E-state index contributed by atoms with van der Waals surface area (Å²) in [6.07, 6.45) is 14.2. The Hall–Kier alpha value is -2.66. The predicted molar refractivity (Wildman–Crippen MR) is 182 cm³/mol. The minimum Gasteiger partial charge on any atom is -0.504 e. The third-order valence-corrected chi connectivity index (χ3v) is 9.94. The van der Waals surface area contributed by atoms with Crippen molar-refractivity contribution in [2.45, 2.75) is 150 Å². The highest BCUT2D eigenvalue weighted by atomic mass is 17.2. The van der Waals surface area contributed by atoms with E-state index in [-0.39, 0.29) is 64.4 Å². The minimum atomic E-state index is -0.243. The van der Waals surface area contributed by atoms with Crippen molar-refractivity contribution in [2.75, 3.05) is 26.9 Å². The van der Waals surface area contributed by atoms with Crippen LogP contribution in [0.4, 0.5) is 9.59 Å². The first-order valence-electron chi connectivity index (χ1n) is 16.7. The van der Waals surface area contributed by atoms with E-state index in [1.807, 2.05) is 25.0 Å². The first kappa shape index (κ1) is 42.4. The third-order valence-electron chi connectivity index (χ3n) is 9.94. The number of fused-ring (bicyclic) bond motifs is 6. The molecule has 47 heavy (non-hydrogen) atoms.